The Kier molecular flexibility index (Phi) is 9.46. The number of halogens is 1. The molecule has 1 N–H and O–H groups in total. The van der Waals surface area contributed by atoms with Gasteiger partial charge in [0.1, 0.15) is 12.6 Å². The van der Waals surface area contributed by atoms with Crippen LogP contribution in [0.1, 0.15) is 44.4 Å². The fourth-order valence-corrected chi connectivity index (χ4v) is 5.83. The van der Waals surface area contributed by atoms with E-state index in [1.165, 1.54) is 17.0 Å². The first-order valence-corrected chi connectivity index (χ1v) is 14.5. The summed E-state index contributed by atoms with van der Waals surface area (Å²) in [6.07, 6.45) is 0. The number of sulfonamides is 1. The van der Waals surface area contributed by atoms with Gasteiger partial charge in [-0.25, -0.2) is 8.42 Å². The van der Waals surface area contributed by atoms with Crippen LogP contribution in [0.4, 0.5) is 5.69 Å². The summed E-state index contributed by atoms with van der Waals surface area (Å²) in [7, 11) is -4.11. The molecule has 39 heavy (non-hydrogen) atoms. The summed E-state index contributed by atoms with van der Waals surface area (Å²) < 4.78 is 28.9. The van der Waals surface area contributed by atoms with Gasteiger partial charge in [-0.3, -0.25) is 13.9 Å². The number of anilines is 1. The summed E-state index contributed by atoms with van der Waals surface area (Å²) in [6, 6.07) is 19.5. The van der Waals surface area contributed by atoms with Gasteiger partial charge in [-0.1, -0.05) is 54.1 Å². The molecule has 0 spiro atoms. The van der Waals surface area contributed by atoms with Gasteiger partial charge in [-0.05, 0) is 88.6 Å². The molecule has 0 heterocycles. The Morgan fingerprint density at radius 2 is 1.59 bits per heavy atom. The molecular weight excluding hydrogens is 534 g/mol. The normalized spacial score (nSPS) is 12.5. The summed E-state index contributed by atoms with van der Waals surface area (Å²) in [5, 5.41) is 3.41. The Morgan fingerprint density at radius 3 is 2.21 bits per heavy atom. The van der Waals surface area contributed by atoms with Gasteiger partial charge in [-0.15, -0.1) is 0 Å². The van der Waals surface area contributed by atoms with Crippen molar-refractivity contribution in [2.75, 3.05) is 10.8 Å². The minimum Gasteiger partial charge on any atom is -0.350 e. The van der Waals surface area contributed by atoms with Crippen molar-refractivity contribution in [3.63, 3.8) is 0 Å². The third kappa shape index (κ3) is 7.61. The lowest BCUT2D eigenvalue weighted by atomic mass is 10.1. The van der Waals surface area contributed by atoms with Crippen molar-refractivity contribution < 1.29 is 18.0 Å². The number of nitrogens with zero attached hydrogens (tertiary/aromatic N) is 2. The average molecular weight is 570 g/mol. The standard InChI is InChI=1S/C30H36ClN3O4S/c1-21-12-10-17-27(22(21)2)34(39(37,38)26-15-8-7-9-16-26)20-28(35)33(19-24-13-11-14-25(31)18-24)23(3)29(36)32-30(4,5)6/h7-18,23H,19-20H2,1-6H3,(H,32,36)/t23-/m1/s1. The van der Waals surface area contributed by atoms with Crippen molar-refractivity contribution in [2.24, 2.45) is 0 Å². The number of rotatable bonds is 9. The van der Waals surface area contributed by atoms with Crippen molar-refractivity contribution in [2.45, 2.75) is 64.6 Å². The minimum absolute atomic E-state index is 0.0682. The lowest BCUT2D eigenvalue weighted by Gasteiger charge is -2.34. The van der Waals surface area contributed by atoms with Crippen LogP contribution < -0.4 is 9.62 Å². The van der Waals surface area contributed by atoms with E-state index in [0.29, 0.717) is 10.7 Å². The van der Waals surface area contributed by atoms with Crippen LogP contribution in [0.5, 0.6) is 0 Å². The molecular formula is C30H36ClN3O4S. The Bertz CT molecular complexity index is 1440. The minimum atomic E-state index is -4.11. The highest BCUT2D eigenvalue weighted by Crippen LogP contribution is 2.29. The molecule has 208 valence electrons. The second-order valence-electron chi connectivity index (χ2n) is 10.6. The molecule has 0 aliphatic carbocycles. The zero-order valence-corrected chi connectivity index (χ0v) is 24.8. The van der Waals surface area contributed by atoms with E-state index >= 15 is 0 Å². The van der Waals surface area contributed by atoms with E-state index in [1.807, 2.05) is 46.8 Å². The lowest BCUT2D eigenvalue weighted by Crippen LogP contribution is -2.54. The van der Waals surface area contributed by atoms with Crippen LogP contribution >= 0.6 is 11.6 Å². The molecule has 0 aromatic heterocycles. The molecule has 0 fully saturated rings. The monoisotopic (exact) mass is 569 g/mol. The van der Waals surface area contributed by atoms with Crippen LogP contribution in [0.15, 0.2) is 77.7 Å². The maximum atomic E-state index is 14.0. The van der Waals surface area contributed by atoms with Crippen molar-refractivity contribution in [1.82, 2.24) is 10.2 Å². The van der Waals surface area contributed by atoms with Gasteiger partial charge in [0.2, 0.25) is 11.8 Å². The number of aryl methyl sites for hydroxylation is 1. The highest BCUT2D eigenvalue weighted by atomic mass is 35.5. The molecule has 9 heteroatoms. The molecule has 2 amide bonds. The first-order chi connectivity index (χ1) is 18.2. The zero-order valence-electron chi connectivity index (χ0n) is 23.2. The molecule has 0 saturated heterocycles. The Hall–Kier alpha value is -3.36. The number of hydrogen-bond donors (Lipinski definition) is 1. The van der Waals surface area contributed by atoms with E-state index in [-0.39, 0.29) is 17.3 Å². The van der Waals surface area contributed by atoms with Crippen molar-refractivity contribution in [3.05, 3.63) is 94.5 Å². The van der Waals surface area contributed by atoms with Crippen LogP contribution in [-0.4, -0.2) is 43.3 Å². The molecule has 0 aliphatic rings. The van der Waals surface area contributed by atoms with E-state index < -0.39 is 34.1 Å². The van der Waals surface area contributed by atoms with Crippen LogP contribution in [0.2, 0.25) is 5.02 Å². The molecule has 0 aliphatic heterocycles. The summed E-state index contributed by atoms with van der Waals surface area (Å²) in [5.41, 5.74) is 2.24. The second kappa shape index (κ2) is 12.2. The Balaban J connectivity index is 2.07. The Labute approximate surface area is 236 Å². The lowest BCUT2D eigenvalue weighted by molar-refractivity contribution is -0.140. The van der Waals surface area contributed by atoms with Crippen LogP contribution in [-0.2, 0) is 26.2 Å². The first-order valence-electron chi connectivity index (χ1n) is 12.7. The third-order valence-electron chi connectivity index (χ3n) is 6.36. The van der Waals surface area contributed by atoms with E-state index in [9.17, 15) is 18.0 Å². The van der Waals surface area contributed by atoms with E-state index in [2.05, 4.69) is 5.32 Å². The summed E-state index contributed by atoms with van der Waals surface area (Å²) in [5.74, 6) is -0.867. The predicted molar refractivity (Wildman–Crippen MR) is 156 cm³/mol. The van der Waals surface area contributed by atoms with Crippen molar-refractivity contribution in [1.29, 1.82) is 0 Å². The predicted octanol–water partition coefficient (Wildman–Crippen LogP) is 5.48. The molecule has 0 saturated carbocycles. The average Bonchev–Trinajstić information content (AvgIpc) is 2.86. The zero-order chi connectivity index (χ0) is 29.0. The van der Waals surface area contributed by atoms with E-state index in [1.54, 1.807) is 55.5 Å². The highest BCUT2D eigenvalue weighted by molar-refractivity contribution is 7.92. The first kappa shape index (κ1) is 30.2. The van der Waals surface area contributed by atoms with Gasteiger partial charge >= 0.3 is 0 Å². The van der Waals surface area contributed by atoms with Crippen molar-refractivity contribution in [3.8, 4) is 0 Å². The summed E-state index contributed by atoms with van der Waals surface area (Å²) >= 11 is 6.19. The molecule has 7 nitrogen and oxygen atoms in total. The number of benzene rings is 3. The second-order valence-corrected chi connectivity index (χ2v) is 12.9. The molecule has 3 aromatic rings. The van der Waals surface area contributed by atoms with Gasteiger partial charge in [0.15, 0.2) is 0 Å². The fourth-order valence-electron chi connectivity index (χ4n) is 4.13. The fraction of sp³-hybridized carbons (Fsp3) is 0.333. The number of carbonyl (C=O) groups excluding carboxylic acids is 2. The quantitative estimate of drug-likeness (QED) is 0.369. The van der Waals surface area contributed by atoms with Crippen LogP contribution in [0.3, 0.4) is 0 Å². The van der Waals surface area contributed by atoms with Crippen molar-refractivity contribution >= 4 is 39.1 Å². The Morgan fingerprint density at radius 1 is 0.949 bits per heavy atom. The third-order valence-corrected chi connectivity index (χ3v) is 8.37. The maximum Gasteiger partial charge on any atom is 0.264 e. The van der Waals surface area contributed by atoms with Gasteiger partial charge in [0.25, 0.3) is 10.0 Å². The van der Waals surface area contributed by atoms with Crippen LogP contribution in [0, 0.1) is 13.8 Å². The number of amides is 2. The number of hydrogen-bond acceptors (Lipinski definition) is 4. The van der Waals surface area contributed by atoms with Gasteiger partial charge in [0.05, 0.1) is 10.6 Å². The highest BCUT2D eigenvalue weighted by Gasteiger charge is 2.34. The largest absolute Gasteiger partial charge is 0.350 e. The summed E-state index contributed by atoms with van der Waals surface area (Å²) in [4.78, 5) is 28.6. The topological polar surface area (TPSA) is 86.8 Å². The number of carbonyl (C=O) groups is 2. The van der Waals surface area contributed by atoms with Gasteiger partial charge in [-0.2, -0.15) is 0 Å². The molecule has 0 unspecified atom stereocenters. The molecule has 1 atom stereocenters. The van der Waals surface area contributed by atoms with E-state index in [4.69, 9.17) is 11.6 Å². The molecule has 3 aromatic carbocycles. The van der Waals surface area contributed by atoms with Gasteiger partial charge in [0, 0.05) is 17.1 Å². The molecule has 3 rings (SSSR count). The van der Waals surface area contributed by atoms with Gasteiger partial charge < -0.3 is 10.2 Å². The maximum absolute atomic E-state index is 14.0. The molecule has 0 radical (unpaired) electrons. The van der Waals surface area contributed by atoms with Crippen LogP contribution in [0.25, 0.3) is 0 Å². The summed E-state index contributed by atoms with van der Waals surface area (Å²) in [6.45, 7) is 10.5. The SMILES string of the molecule is Cc1cccc(N(CC(=O)N(Cc2cccc(Cl)c2)[C@H](C)C(=O)NC(C)(C)C)S(=O)(=O)c2ccccc2)c1C. The number of nitrogens with one attached hydrogen (secondary N) is 1. The van der Waals surface area contributed by atoms with E-state index in [0.717, 1.165) is 21.0 Å². The smallest absolute Gasteiger partial charge is 0.264 e. The molecule has 0 bridgehead atoms.